The molecule has 2 aromatic rings. The highest BCUT2D eigenvalue weighted by Gasteiger charge is 2.30. The molecular formula is C15H20N6O2. The molecule has 2 aromatic heterocycles. The van der Waals surface area contributed by atoms with Crippen LogP contribution in [0, 0.1) is 0 Å². The molecule has 8 heteroatoms. The van der Waals surface area contributed by atoms with Crippen molar-refractivity contribution < 1.29 is 9.53 Å². The highest BCUT2D eigenvalue weighted by Crippen LogP contribution is 2.19. The molecule has 4 heterocycles. The Bertz CT molecular complexity index is 674. The van der Waals surface area contributed by atoms with Crippen molar-refractivity contribution in [3.63, 3.8) is 0 Å². The van der Waals surface area contributed by atoms with Crippen LogP contribution in [0.3, 0.4) is 0 Å². The van der Waals surface area contributed by atoms with Crippen molar-refractivity contribution in [2.75, 3.05) is 13.2 Å². The van der Waals surface area contributed by atoms with E-state index in [0.29, 0.717) is 19.7 Å². The number of carbonyl (C=O) groups excluding carboxylic acids is 1. The quantitative estimate of drug-likeness (QED) is 0.821. The Morgan fingerprint density at radius 3 is 3.04 bits per heavy atom. The van der Waals surface area contributed by atoms with Gasteiger partial charge in [0, 0.05) is 32.1 Å². The summed E-state index contributed by atoms with van der Waals surface area (Å²) in [7, 11) is 0. The predicted octanol–water partition coefficient (Wildman–Crippen LogP) is 0.434. The number of aromatic nitrogens is 5. The molecule has 0 N–H and O–H groups in total. The molecule has 0 unspecified atom stereocenters. The van der Waals surface area contributed by atoms with E-state index in [9.17, 15) is 4.79 Å². The van der Waals surface area contributed by atoms with E-state index in [2.05, 4.69) is 19.7 Å². The van der Waals surface area contributed by atoms with Crippen LogP contribution < -0.4 is 0 Å². The van der Waals surface area contributed by atoms with Crippen LogP contribution in [0.5, 0.6) is 0 Å². The maximum Gasteiger partial charge on any atom is 0.252 e. The molecule has 1 saturated heterocycles. The average Bonchev–Trinajstić information content (AvgIpc) is 3.29. The molecule has 2 aliphatic rings. The summed E-state index contributed by atoms with van der Waals surface area (Å²) in [6.07, 6.45) is 7.86. The molecule has 0 bridgehead atoms. The van der Waals surface area contributed by atoms with Gasteiger partial charge in [0.15, 0.2) is 11.6 Å². The monoisotopic (exact) mass is 316 g/mol. The maximum absolute atomic E-state index is 12.6. The van der Waals surface area contributed by atoms with Crippen LogP contribution in [0.2, 0.25) is 0 Å². The fourth-order valence-corrected chi connectivity index (χ4v) is 3.24. The molecule has 1 amide bonds. The lowest BCUT2D eigenvalue weighted by molar-refractivity contribution is -0.141. The van der Waals surface area contributed by atoms with Gasteiger partial charge in [-0.3, -0.25) is 4.79 Å². The zero-order valence-corrected chi connectivity index (χ0v) is 13.0. The summed E-state index contributed by atoms with van der Waals surface area (Å²) in [6, 6.07) is 0. The Balaban J connectivity index is 1.51. The van der Waals surface area contributed by atoms with Crippen LogP contribution in [0.4, 0.5) is 0 Å². The molecule has 0 spiro atoms. The van der Waals surface area contributed by atoms with Crippen LogP contribution in [-0.2, 0) is 29.2 Å². The number of hydrogen-bond donors (Lipinski definition) is 0. The standard InChI is InChI=1S/C15H20N6O2/c22-15(12-3-1-8-23-12)20-5-2-6-21-13(17-18-14(21)10-20)9-19-7-4-16-11-19/h4,7,11-12H,1-3,5-6,8-10H2/t12-/m0/s1. The zero-order chi connectivity index (χ0) is 15.6. The first-order valence-corrected chi connectivity index (χ1v) is 8.08. The van der Waals surface area contributed by atoms with Gasteiger partial charge in [-0.1, -0.05) is 0 Å². The number of carbonyl (C=O) groups is 1. The van der Waals surface area contributed by atoms with E-state index in [0.717, 1.165) is 44.0 Å². The molecule has 122 valence electrons. The van der Waals surface area contributed by atoms with E-state index in [1.54, 1.807) is 12.5 Å². The molecule has 1 atom stereocenters. The molecule has 0 radical (unpaired) electrons. The second-order valence-corrected chi connectivity index (χ2v) is 6.03. The van der Waals surface area contributed by atoms with Crippen molar-refractivity contribution in [3.05, 3.63) is 30.4 Å². The lowest BCUT2D eigenvalue weighted by atomic mass is 10.2. The van der Waals surface area contributed by atoms with Gasteiger partial charge in [0.05, 0.1) is 19.4 Å². The van der Waals surface area contributed by atoms with Crippen LogP contribution >= 0.6 is 0 Å². The van der Waals surface area contributed by atoms with Crippen LogP contribution in [0.1, 0.15) is 30.9 Å². The fourth-order valence-electron chi connectivity index (χ4n) is 3.24. The summed E-state index contributed by atoms with van der Waals surface area (Å²) in [6.45, 7) is 3.42. The van der Waals surface area contributed by atoms with Gasteiger partial charge in [0.2, 0.25) is 0 Å². The average molecular weight is 316 g/mol. The molecule has 4 rings (SSSR count). The summed E-state index contributed by atoms with van der Waals surface area (Å²) < 4.78 is 9.63. The third-order valence-corrected chi connectivity index (χ3v) is 4.45. The van der Waals surface area contributed by atoms with Crippen molar-refractivity contribution in [2.45, 2.75) is 45.0 Å². The van der Waals surface area contributed by atoms with Crippen molar-refractivity contribution in [3.8, 4) is 0 Å². The molecular weight excluding hydrogens is 296 g/mol. The minimum absolute atomic E-state index is 0.0927. The Labute approximate surface area is 134 Å². The van der Waals surface area contributed by atoms with Crippen LogP contribution in [-0.4, -0.2) is 54.4 Å². The largest absolute Gasteiger partial charge is 0.368 e. The number of amides is 1. The summed E-state index contributed by atoms with van der Waals surface area (Å²) in [5, 5.41) is 8.60. The fraction of sp³-hybridized carbons (Fsp3) is 0.600. The molecule has 23 heavy (non-hydrogen) atoms. The summed E-state index contributed by atoms with van der Waals surface area (Å²) in [5.41, 5.74) is 0. The lowest BCUT2D eigenvalue weighted by Crippen LogP contribution is -2.38. The normalized spacial score (nSPS) is 21.2. The minimum atomic E-state index is -0.269. The number of ether oxygens (including phenoxy) is 1. The summed E-state index contributed by atoms with van der Waals surface area (Å²) in [5.74, 6) is 1.85. The number of rotatable bonds is 3. The van der Waals surface area contributed by atoms with Gasteiger partial charge in [0.25, 0.3) is 5.91 Å². The topological polar surface area (TPSA) is 78.1 Å². The zero-order valence-electron chi connectivity index (χ0n) is 13.0. The smallest absolute Gasteiger partial charge is 0.252 e. The number of hydrogen-bond acceptors (Lipinski definition) is 5. The van der Waals surface area contributed by atoms with Crippen molar-refractivity contribution >= 4 is 5.91 Å². The number of imidazole rings is 1. The first-order chi connectivity index (χ1) is 11.3. The van der Waals surface area contributed by atoms with Gasteiger partial charge in [-0.2, -0.15) is 0 Å². The third-order valence-electron chi connectivity index (χ3n) is 4.45. The van der Waals surface area contributed by atoms with E-state index >= 15 is 0 Å². The molecule has 2 aliphatic heterocycles. The molecule has 1 fully saturated rings. The minimum Gasteiger partial charge on any atom is -0.368 e. The second-order valence-electron chi connectivity index (χ2n) is 6.03. The highest BCUT2D eigenvalue weighted by molar-refractivity contribution is 5.81. The SMILES string of the molecule is O=C([C@@H]1CCCO1)N1CCCn2c(nnc2Cn2ccnc2)C1. The van der Waals surface area contributed by atoms with Gasteiger partial charge < -0.3 is 18.8 Å². The summed E-state index contributed by atoms with van der Waals surface area (Å²) >= 11 is 0. The lowest BCUT2D eigenvalue weighted by Gasteiger charge is -2.22. The van der Waals surface area contributed by atoms with Crippen molar-refractivity contribution in [1.29, 1.82) is 0 Å². The van der Waals surface area contributed by atoms with Gasteiger partial charge in [-0.15, -0.1) is 10.2 Å². The molecule has 0 aliphatic carbocycles. The Morgan fingerprint density at radius 2 is 2.26 bits per heavy atom. The first-order valence-electron chi connectivity index (χ1n) is 8.08. The second kappa shape index (κ2) is 6.11. The Hall–Kier alpha value is -2.22. The Morgan fingerprint density at radius 1 is 1.30 bits per heavy atom. The van der Waals surface area contributed by atoms with Gasteiger partial charge >= 0.3 is 0 Å². The number of fused-ring (bicyclic) bond motifs is 1. The van der Waals surface area contributed by atoms with Gasteiger partial charge in [0.1, 0.15) is 6.10 Å². The predicted molar refractivity (Wildman–Crippen MR) is 80.4 cm³/mol. The number of nitrogens with zero attached hydrogens (tertiary/aromatic N) is 6. The molecule has 0 aromatic carbocycles. The summed E-state index contributed by atoms with van der Waals surface area (Å²) in [4.78, 5) is 18.5. The highest BCUT2D eigenvalue weighted by atomic mass is 16.5. The third kappa shape index (κ3) is 2.86. The van der Waals surface area contributed by atoms with Crippen LogP contribution in [0.25, 0.3) is 0 Å². The van der Waals surface area contributed by atoms with Crippen molar-refractivity contribution in [1.82, 2.24) is 29.2 Å². The molecule has 8 nitrogen and oxygen atoms in total. The first kappa shape index (κ1) is 14.4. The van der Waals surface area contributed by atoms with E-state index in [1.807, 2.05) is 15.7 Å². The van der Waals surface area contributed by atoms with Gasteiger partial charge in [-0.05, 0) is 19.3 Å². The maximum atomic E-state index is 12.6. The molecule has 0 saturated carbocycles. The van der Waals surface area contributed by atoms with E-state index < -0.39 is 0 Å². The van der Waals surface area contributed by atoms with E-state index in [1.165, 1.54) is 0 Å². The van der Waals surface area contributed by atoms with Crippen LogP contribution in [0.15, 0.2) is 18.7 Å². The van der Waals surface area contributed by atoms with Gasteiger partial charge in [-0.25, -0.2) is 4.98 Å². The van der Waals surface area contributed by atoms with E-state index in [-0.39, 0.29) is 12.0 Å². The van der Waals surface area contributed by atoms with Crippen molar-refractivity contribution in [2.24, 2.45) is 0 Å². The van der Waals surface area contributed by atoms with E-state index in [4.69, 9.17) is 4.74 Å². The Kier molecular flexibility index (Phi) is 3.82.